The lowest BCUT2D eigenvalue weighted by Crippen LogP contribution is -2.41. The van der Waals surface area contributed by atoms with Crippen molar-refractivity contribution in [1.82, 2.24) is 5.32 Å². The molecule has 0 amide bonds. The average Bonchev–Trinajstić information content (AvgIpc) is 2.95. The lowest BCUT2D eigenvalue weighted by atomic mass is 10.0. The fraction of sp³-hybridized carbons (Fsp3) is 0.917. The molecule has 0 bridgehead atoms. The van der Waals surface area contributed by atoms with Crippen molar-refractivity contribution in [3.05, 3.63) is 0 Å². The summed E-state index contributed by atoms with van der Waals surface area (Å²) in [4.78, 5) is 0. The molecule has 14 heavy (non-hydrogen) atoms. The van der Waals surface area contributed by atoms with Gasteiger partial charge in [0, 0.05) is 12.1 Å². The zero-order chi connectivity index (χ0) is 9.97. The summed E-state index contributed by atoms with van der Waals surface area (Å²) in [5, 5.41) is 12.7. The van der Waals surface area contributed by atoms with Crippen molar-refractivity contribution in [3.63, 3.8) is 0 Å². The van der Waals surface area contributed by atoms with Crippen LogP contribution in [0.25, 0.3) is 0 Å². The van der Waals surface area contributed by atoms with Crippen LogP contribution in [0.3, 0.4) is 0 Å². The lowest BCUT2D eigenvalue weighted by Gasteiger charge is -2.23. The lowest BCUT2D eigenvalue weighted by molar-refractivity contribution is 0.360. The van der Waals surface area contributed by atoms with Crippen LogP contribution in [-0.4, -0.2) is 12.1 Å². The third kappa shape index (κ3) is 2.09. The second-order valence-corrected chi connectivity index (χ2v) is 4.79. The number of nitrogens with one attached hydrogen (secondary N) is 1. The fourth-order valence-corrected chi connectivity index (χ4v) is 2.67. The second kappa shape index (κ2) is 4.31. The van der Waals surface area contributed by atoms with E-state index < -0.39 is 0 Å². The highest BCUT2D eigenvalue weighted by Crippen LogP contribution is 2.35. The van der Waals surface area contributed by atoms with E-state index in [0.717, 1.165) is 12.3 Å². The second-order valence-electron chi connectivity index (χ2n) is 4.79. The Hall–Kier alpha value is -0.550. The Balaban J connectivity index is 1.85. The molecule has 0 aromatic rings. The van der Waals surface area contributed by atoms with E-state index in [-0.39, 0.29) is 5.92 Å². The van der Waals surface area contributed by atoms with Crippen LogP contribution in [0, 0.1) is 23.2 Å². The maximum absolute atomic E-state index is 8.99. The fourth-order valence-electron chi connectivity index (χ4n) is 2.67. The molecule has 2 nitrogen and oxygen atoms in total. The first-order valence-electron chi connectivity index (χ1n) is 6.00. The largest absolute Gasteiger partial charge is 0.310 e. The Bertz CT molecular complexity index is 227. The van der Waals surface area contributed by atoms with Gasteiger partial charge < -0.3 is 5.32 Å². The minimum Gasteiger partial charge on any atom is -0.310 e. The van der Waals surface area contributed by atoms with E-state index in [4.69, 9.17) is 5.26 Å². The topological polar surface area (TPSA) is 35.8 Å². The van der Waals surface area contributed by atoms with Gasteiger partial charge in [-0.15, -0.1) is 0 Å². The third-order valence-electron chi connectivity index (χ3n) is 3.74. The zero-order valence-electron chi connectivity index (χ0n) is 9.00. The minimum atomic E-state index is 0.280. The van der Waals surface area contributed by atoms with Gasteiger partial charge in [0.25, 0.3) is 0 Å². The monoisotopic (exact) mass is 192 g/mol. The van der Waals surface area contributed by atoms with Crippen LogP contribution in [0.15, 0.2) is 0 Å². The molecule has 0 aromatic carbocycles. The molecule has 3 atom stereocenters. The van der Waals surface area contributed by atoms with Crippen LogP contribution in [0.2, 0.25) is 0 Å². The molecule has 0 saturated heterocycles. The summed E-state index contributed by atoms with van der Waals surface area (Å²) in [5.41, 5.74) is 0. The van der Waals surface area contributed by atoms with Crippen molar-refractivity contribution in [2.45, 2.75) is 57.5 Å². The van der Waals surface area contributed by atoms with Gasteiger partial charge in [0.05, 0.1) is 12.0 Å². The van der Waals surface area contributed by atoms with Crippen molar-refractivity contribution in [2.24, 2.45) is 11.8 Å². The number of rotatable bonds is 4. The number of hydrogen-bond donors (Lipinski definition) is 1. The van der Waals surface area contributed by atoms with Crippen molar-refractivity contribution >= 4 is 0 Å². The molecule has 0 aromatic heterocycles. The van der Waals surface area contributed by atoms with Gasteiger partial charge in [0.1, 0.15) is 0 Å². The van der Waals surface area contributed by atoms with E-state index in [1.54, 1.807) is 0 Å². The van der Waals surface area contributed by atoms with E-state index >= 15 is 0 Å². The van der Waals surface area contributed by atoms with Gasteiger partial charge in [-0.25, -0.2) is 0 Å². The molecule has 78 valence electrons. The molecule has 2 aliphatic carbocycles. The first kappa shape index (κ1) is 9.98. The van der Waals surface area contributed by atoms with Crippen LogP contribution in [0.5, 0.6) is 0 Å². The van der Waals surface area contributed by atoms with Gasteiger partial charge in [0.15, 0.2) is 0 Å². The van der Waals surface area contributed by atoms with Gasteiger partial charge in [-0.2, -0.15) is 5.26 Å². The van der Waals surface area contributed by atoms with Gasteiger partial charge in [-0.1, -0.05) is 13.3 Å². The van der Waals surface area contributed by atoms with Gasteiger partial charge in [0.2, 0.25) is 0 Å². The summed E-state index contributed by atoms with van der Waals surface area (Å²) in [6.45, 7) is 2.26. The number of hydrogen-bond acceptors (Lipinski definition) is 2. The Kier molecular flexibility index (Phi) is 3.08. The minimum absolute atomic E-state index is 0.280. The number of nitriles is 1. The van der Waals surface area contributed by atoms with Gasteiger partial charge in [-0.3, -0.25) is 0 Å². The van der Waals surface area contributed by atoms with E-state index in [2.05, 4.69) is 18.3 Å². The zero-order valence-corrected chi connectivity index (χ0v) is 9.00. The summed E-state index contributed by atoms with van der Waals surface area (Å²) < 4.78 is 0. The molecule has 2 fully saturated rings. The SMILES string of the molecule is CCC(NC1CCCC1C#N)C1CC1. The normalized spacial score (nSPS) is 34.0. The quantitative estimate of drug-likeness (QED) is 0.742. The molecule has 0 spiro atoms. The maximum Gasteiger partial charge on any atom is 0.0672 e. The summed E-state index contributed by atoms with van der Waals surface area (Å²) in [6, 6.07) is 3.62. The van der Waals surface area contributed by atoms with Crippen LogP contribution in [0.1, 0.15) is 45.4 Å². The summed E-state index contributed by atoms with van der Waals surface area (Å²) in [6.07, 6.45) is 7.57. The Morgan fingerprint density at radius 3 is 2.71 bits per heavy atom. The van der Waals surface area contributed by atoms with Crippen molar-refractivity contribution < 1.29 is 0 Å². The van der Waals surface area contributed by atoms with Gasteiger partial charge >= 0.3 is 0 Å². The van der Waals surface area contributed by atoms with E-state index in [0.29, 0.717) is 12.1 Å². The smallest absolute Gasteiger partial charge is 0.0672 e. The molecule has 2 aliphatic rings. The van der Waals surface area contributed by atoms with Crippen LogP contribution < -0.4 is 5.32 Å². The molecular weight excluding hydrogens is 172 g/mol. The predicted octanol–water partition coefficient (Wildman–Crippen LogP) is 2.46. The molecule has 0 aliphatic heterocycles. The summed E-state index contributed by atoms with van der Waals surface area (Å²) in [7, 11) is 0. The summed E-state index contributed by atoms with van der Waals surface area (Å²) in [5.74, 6) is 1.20. The average molecular weight is 192 g/mol. The van der Waals surface area contributed by atoms with Crippen molar-refractivity contribution in [1.29, 1.82) is 5.26 Å². The predicted molar refractivity (Wildman–Crippen MR) is 56.7 cm³/mol. The molecule has 3 unspecified atom stereocenters. The Morgan fingerprint density at radius 1 is 1.36 bits per heavy atom. The van der Waals surface area contributed by atoms with Gasteiger partial charge in [-0.05, 0) is 38.0 Å². The molecule has 0 radical (unpaired) electrons. The van der Waals surface area contributed by atoms with Crippen molar-refractivity contribution in [2.75, 3.05) is 0 Å². The maximum atomic E-state index is 8.99. The Labute approximate surface area is 86.7 Å². The highest BCUT2D eigenvalue weighted by molar-refractivity contribution is 4.99. The standard InChI is InChI=1S/C12H20N2/c1-2-11(9-6-7-9)14-12-5-3-4-10(12)8-13/h9-12,14H,2-7H2,1H3. The Morgan fingerprint density at radius 2 is 2.14 bits per heavy atom. The van der Waals surface area contributed by atoms with Crippen LogP contribution in [-0.2, 0) is 0 Å². The summed E-state index contributed by atoms with van der Waals surface area (Å²) >= 11 is 0. The first-order valence-corrected chi connectivity index (χ1v) is 6.00. The van der Waals surface area contributed by atoms with Crippen LogP contribution >= 0.6 is 0 Å². The van der Waals surface area contributed by atoms with E-state index in [1.165, 1.54) is 32.1 Å². The highest BCUT2D eigenvalue weighted by atomic mass is 15.0. The molecule has 1 N–H and O–H groups in total. The van der Waals surface area contributed by atoms with E-state index in [9.17, 15) is 0 Å². The van der Waals surface area contributed by atoms with E-state index in [1.807, 2.05) is 0 Å². The molecular formula is C12H20N2. The van der Waals surface area contributed by atoms with Crippen molar-refractivity contribution in [3.8, 4) is 6.07 Å². The highest BCUT2D eigenvalue weighted by Gasteiger charge is 2.34. The molecule has 2 rings (SSSR count). The molecule has 2 saturated carbocycles. The van der Waals surface area contributed by atoms with Crippen LogP contribution in [0.4, 0.5) is 0 Å². The number of nitrogens with zero attached hydrogens (tertiary/aromatic N) is 1. The first-order chi connectivity index (χ1) is 6.85. The third-order valence-corrected chi connectivity index (χ3v) is 3.74. The molecule has 2 heteroatoms. The molecule has 0 heterocycles.